The second-order valence-corrected chi connectivity index (χ2v) is 7.44. The van der Waals surface area contributed by atoms with Crippen LogP contribution >= 0.6 is 0 Å². The lowest BCUT2D eigenvalue weighted by molar-refractivity contribution is 0.268. The van der Waals surface area contributed by atoms with E-state index in [1.165, 1.54) is 0 Å². The number of pyridine rings is 1. The number of nitrogen functional groups attached to an aromatic ring is 1. The van der Waals surface area contributed by atoms with E-state index in [2.05, 4.69) is 4.98 Å². The van der Waals surface area contributed by atoms with E-state index in [1.54, 1.807) is 34.6 Å². The maximum Gasteiger partial charge on any atom is 0.243 e. The number of aromatic nitrogens is 1. The Hall–Kier alpha value is -1.66. The zero-order valence-electron chi connectivity index (χ0n) is 12.0. The second kappa shape index (κ2) is 5.27. The lowest BCUT2D eigenvalue weighted by Crippen LogP contribution is -2.41. The predicted octanol–water partition coefficient (Wildman–Crippen LogP) is 2.38. The van der Waals surface area contributed by atoms with E-state index >= 15 is 0 Å². The fraction of sp³-hybridized carbons (Fsp3) is 0.400. The summed E-state index contributed by atoms with van der Waals surface area (Å²) in [5.74, 6) is 0.433. The molecule has 2 N–H and O–H groups in total. The predicted molar refractivity (Wildman–Crippen MR) is 83.4 cm³/mol. The van der Waals surface area contributed by atoms with E-state index in [4.69, 9.17) is 5.73 Å². The number of piperidine rings is 1. The van der Waals surface area contributed by atoms with Crippen LogP contribution in [-0.2, 0) is 10.0 Å². The maximum absolute atomic E-state index is 12.8. The van der Waals surface area contributed by atoms with Gasteiger partial charge in [0.2, 0.25) is 10.0 Å². The summed E-state index contributed by atoms with van der Waals surface area (Å²) in [5, 5.41) is 0.787. The van der Waals surface area contributed by atoms with Crippen LogP contribution < -0.4 is 5.73 Å². The fourth-order valence-electron chi connectivity index (χ4n) is 2.84. The van der Waals surface area contributed by atoms with Crippen molar-refractivity contribution < 1.29 is 8.42 Å². The number of rotatable bonds is 2. The number of benzene rings is 1. The summed E-state index contributed by atoms with van der Waals surface area (Å²) >= 11 is 0. The molecule has 0 radical (unpaired) electrons. The molecule has 1 atom stereocenters. The van der Waals surface area contributed by atoms with E-state index in [-0.39, 0.29) is 6.04 Å². The summed E-state index contributed by atoms with van der Waals surface area (Å²) < 4.78 is 27.2. The highest BCUT2D eigenvalue weighted by Gasteiger charge is 2.30. The second-order valence-electron chi connectivity index (χ2n) is 5.55. The van der Waals surface area contributed by atoms with Gasteiger partial charge in [-0.3, -0.25) is 0 Å². The molecular weight excluding hydrogens is 286 g/mol. The molecule has 112 valence electrons. The number of nitrogens with zero attached hydrogens (tertiary/aromatic N) is 2. The number of hydrogen-bond donors (Lipinski definition) is 1. The molecule has 1 saturated heterocycles. The van der Waals surface area contributed by atoms with Crippen molar-refractivity contribution in [3.63, 3.8) is 0 Å². The zero-order valence-corrected chi connectivity index (χ0v) is 12.8. The third-order valence-electron chi connectivity index (χ3n) is 4.03. The van der Waals surface area contributed by atoms with Gasteiger partial charge in [0.25, 0.3) is 0 Å². The van der Waals surface area contributed by atoms with Crippen molar-refractivity contribution in [1.29, 1.82) is 0 Å². The first-order valence-corrected chi connectivity index (χ1v) is 8.60. The summed E-state index contributed by atoms with van der Waals surface area (Å²) in [6, 6.07) is 8.55. The molecular formula is C15H19N3O2S. The molecule has 2 heterocycles. The van der Waals surface area contributed by atoms with E-state index in [0.717, 1.165) is 24.6 Å². The van der Waals surface area contributed by atoms with Crippen molar-refractivity contribution in [2.75, 3.05) is 12.3 Å². The van der Waals surface area contributed by atoms with Crippen molar-refractivity contribution in [3.8, 4) is 0 Å². The smallest absolute Gasteiger partial charge is 0.243 e. The van der Waals surface area contributed by atoms with Crippen LogP contribution in [0.5, 0.6) is 0 Å². The van der Waals surface area contributed by atoms with E-state index in [0.29, 0.717) is 22.8 Å². The summed E-state index contributed by atoms with van der Waals surface area (Å²) in [6.07, 6.45) is 2.94. The highest BCUT2D eigenvalue weighted by atomic mass is 32.2. The Morgan fingerprint density at radius 3 is 2.81 bits per heavy atom. The molecule has 0 spiro atoms. The third-order valence-corrected chi connectivity index (χ3v) is 6.04. The minimum absolute atomic E-state index is 0.0592. The van der Waals surface area contributed by atoms with Crippen molar-refractivity contribution in [2.45, 2.75) is 37.1 Å². The van der Waals surface area contributed by atoms with E-state index < -0.39 is 10.0 Å². The lowest BCUT2D eigenvalue weighted by atomic mass is 10.1. The molecule has 5 nitrogen and oxygen atoms in total. The largest absolute Gasteiger partial charge is 0.384 e. The van der Waals surface area contributed by atoms with Crippen LogP contribution in [0, 0.1) is 0 Å². The lowest BCUT2D eigenvalue weighted by Gasteiger charge is -2.32. The van der Waals surface area contributed by atoms with Crippen LogP contribution in [0.4, 0.5) is 5.82 Å². The normalized spacial score (nSPS) is 20.7. The summed E-state index contributed by atoms with van der Waals surface area (Å²) in [5.41, 5.74) is 6.35. The Morgan fingerprint density at radius 2 is 2.05 bits per heavy atom. The first-order chi connectivity index (χ1) is 9.98. The van der Waals surface area contributed by atoms with Crippen LogP contribution in [0.2, 0.25) is 0 Å². The molecule has 0 bridgehead atoms. The van der Waals surface area contributed by atoms with Gasteiger partial charge in [0.1, 0.15) is 5.82 Å². The molecule has 0 aliphatic carbocycles. The van der Waals surface area contributed by atoms with Gasteiger partial charge in [-0.1, -0.05) is 6.42 Å². The topological polar surface area (TPSA) is 76.3 Å². The molecule has 1 aromatic heterocycles. The van der Waals surface area contributed by atoms with Crippen molar-refractivity contribution in [1.82, 2.24) is 9.29 Å². The molecule has 0 amide bonds. The van der Waals surface area contributed by atoms with Gasteiger partial charge in [-0.25, -0.2) is 13.4 Å². The van der Waals surface area contributed by atoms with Gasteiger partial charge < -0.3 is 5.73 Å². The number of sulfonamides is 1. The van der Waals surface area contributed by atoms with Crippen LogP contribution in [0.25, 0.3) is 10.9 Å². The van der Waals surface area contributed by atoms with Gasteiger partial charge >= 0.3 is 0 Å². The van der Waals surface area contributed by atoms with Gasteiger partial charge in [-0.2, -0.15) is 4.31 Å². The van der Waals surface area contributed by atoms with Gasteiger partial charge in [-0.15, -0.1) is 0 Å². The molecule has 21 heavy (non-hydrogen) atoms. The average molecular weight is 305 g/mol. The maximum atomic E-state index is 12.8. The molecule has 6 heteroatoms. The minimum atomic E-state index is -3.44. The van der Waals surface area contributed by atoms with Crippen LogP contribution in [0.3, 0.4) is 0 Å². The molecule has 1 aromatic carbocycles. The van der Waals surface area contributed by atoms with E-state index in [1.807, 2.05) is 6.92 Å². The Kier molecular flexibility index (Phi) is 3.59. The molecule has 1 unspecified atom stereocenters. The van der Waals surface area contributed by atoms with Gasteiger partial charge in [0, 0.05) is 18.0 Å². The Balaban J connectivity index is 2.04. The fourth-order valence-corrected chi connectivity index (χ4v) is 4.58. The standard InChI is InChI=1S/C15H19N3O2S/c1-11-4-2-3-9-18(11)21(19,20)13-6-7-14-12(10-13)5-8-15(16)17-14/h5-8,10-11H,2-4,9H2,1H3,(H2,16,17). The van der Waals surface area contributed by atoms with Gasteiger partial charge in [-0.05, 0) is 50.1 Å². The summed E-state index contributed by atoms with van der Waals surface area (Å²) in [6.45, 7) is 2.57. The number of anilines is 1. The monoisotopic (exact) mass is 305 g/mol. The van der Waals surface area contributed by atoms with Crippen LogP contribution in [0.15, 0.2) is 35.2 Å². The highest BCUT2D eigenvalue weighted by Crippen LogP contribution is 2.27. The first kappa shape index (κ1) is 14.3. The first-order valence-electron chi connectivity index (χ1n) is 7.16. The minimum Gasteiger partial charge on any atom is -0.384 e. The molecule has 1 aliphatic heterocycles. The van der Waals surface area contributed by atoms with Crippen molar-refractivity contribution in [3.05, 3.63) is 30.3 Å². The van der Waals surface area contributed by atoms with Crippen molar-refractivity contribution in [2.24, 2.45) is 0 Å². The number of fused-ring (bicyclic) bond motifs is 1. The third kappa shape index (κ3) is 2.61. The SMILES string of the molecule is CC1CCCCN1S(=O)(=O)c1ccc2nc(N)ccc2c1. The number of hydrogen-bond acceptors (Lipinski definition) is 4. The summed E-state index contributed by atoms with van der Waals surface area (Å²) in [4.78, 5) is 4.52. The molecule has 0 saturated carbocycles. The van der Waals surface area contributed by atoms with Gasteiger partial charge in [0.05, 0.1) is 10.4 Å². The van der Waals surface area contributed by atoms with Gasteiger partial charge in [0.15, 0.2) is 0 Å². The molecule has 1 aliphatic rings. The Morgan fingerprint density at radius 1 is 1.24 bits per heavy atom. The van der Waals surface area contributed by atoms with E-state index in [9.17, 15) is 8.42 Å². The Bertz CT molecular complexity index is 774. The average Bonchev–Trinajstić information content (AvgIpc) is 2.47. The van der Waals surface area contributed by atoms with Crippen LogP contribution in [-0.4, -0.2) is 30.3 Å². The number of nitrogens with two attached hydrogens (primary N) is 1. The quantitative estimate of drug-likeness (QED) is 0.924. The van der Waals surface area contributed by atoms with Crippen LogP contribution in [0.1, 0.15) is 26.2 Å². The highest BCUT2D eigenvalue weighted by molar-refractivity contribution is 7.89. The molecule has 3 rings (SSSR count). The molecule has 1 fully saturated rings. The summed E-state index contributed by atoms with van der Waals surface area (Å²) in [7, 11) is -3.44. The molecule has 2 aromatic rings. The Labute approximate surface area is 124 Å². The van der Waals surface area contributed by atoms with Crippen molar-refractivity contribution >= 4 is 26.7 Å². The zero-order chi connectivity index (χ0) is 15.0.